The van der Waals surface area contributed by atoms with Crippen molar-refractivity contribution in [2.24, 2.45) is 0 Å². The molecule has 1 aliphatic heterocycles. The van der Waals surface area contributed by atoms with Crippen LogP contribution in [0.3, 0.4) is 0 Å². The number of anilines is 1. The molecule has 0 spiro atoms. The molecule has 1 unspecified atom stereocenters. The third-order valence-electron chi connectivity index (χ3n) is 4.22. The van der Waals surface area contributed by atoms with Crippen LogP contribution in [-0.2, 0) is 0 Å². The number of rotatable bonds is 4. The molecule has 0 bridgehead atoms. The highest BCUT2D eigenvalue weighted by Gasteiger charge is 2.26. The summed E-state index contributed by atoms with van der Waals surface area (Å²) in [5.41, 5.74) is 1.56. The highest BCUT2D eigenvalue weighted by atomic mass is 19.1. The third kappa shape index (κ3) is 3.35. The number of hydrogen-bond donors (Lipinski definition) is 0. The molecule has 24 heavy (non-hydrogen) atoms. The van der Waals surface area contributed by atoms with Crippen LogP contribution in [0.1, 0.15) is 17.3 Å². The van der Waals surface area contributed by atoms with Gasteiger partial charge in [-0.1, -0.05) is 12.1 Å². The van der Waals surface area contributed by atoms with Crippen LogP contribution in [0, 0.1) is 5.82 Å². The van der Waals surface area contributed by atoms with Crippen LogP contribution in [-0.4, -0.2) is 43.6 Å². The molecule has 5 heteroatoms. The minimum absolute atomic E-state index is 0.103. The molecule has 1 heterocycles. The molecule has 0 saturated heterocycles. The maximum atomic E-state index is 13.0. The number of carbonyl (C=O) groups is 1. The number of hydrogen-bond acceptors (Lipinski definition) is 3. The molecule has 0 N–H and O–H groups in total. The molecule has 2 aromatic carbocycles. The molecule has 1 atom stereocenters. The smallest absolute Gasteiger partial charge is 0.253 e. The third-order valence-corrected chi connectivity index (χ3v) is 4.22. The van der Waals surface area contributed by atoms with Gasteiger partial charge in [0.2, 0.25) is 0 Å². The van der Waals surface area contributed by atoms with Crippen molar-refractivity contribution in [2.45, 2.75) is 13.0 Å². The van der Waals surface area contributed by atoms with Gasteiger partial charge in [-0.2, -0.15) is 0 Å². The Hall–Kier alpha value is -2.56. The standard InChI is InChI=1S/C19H21FN2O2/c1-3-22-13-16(24-18-7-5-4-6-17(18)22)12-21(2)19(23)14-8-10-15(20)11-9-14/h4-11,16H,3,12-13H2,1-2H3. The molecule has 1 aliphatic rings. The van der Waals surface area contributed by atoms with Crippen molar-refractivity contribution in [1.29, 1.82) is 0 Å². The maximum Gasteiger partial charge on any atom is 0.253 e. The molecule has 126 valence electrons. The molecular weight excluding hydrogens is 307 g/mol. The normalized spacial score (nSPS) is 16.3. The lowest BCUT2D eigenvalue weighted by atomic mass is 10.1. The SMILES string of the molecule is CCN1CC(CN(C)C(=O)c2ccc(F)cc2)Oc2ccccc21. The highest BCUT2D eigenvalue weighted by molar-refractivity contribution is 5.94. The van der Waals surface area contributed by atoms with E-state index in [4.69, 9.17) is 4.74 Å². The van der Waals surface area contributed by atoms with Gasteiger partial charge in [-0.3, -0.25) is 4.79 Å². The summed E-state index contributed by atoms with van der Waals surface area (Å²) in [5.74, 6) is 0.360. The fourth-order valence-electron chi connectivity index (χ4n) is 2.97. The highest BCUT2D eigenvalue weighted by Crippen LogP contribution is 2.32. The summed E-state index contributed by atoms with van der Waals surface area (Å²) in [5, 5.41) is 0. The number of carbonyl (C=O) groups excluding carboxylic acids is 1. The summed E-state index contributed by atoms with van der Waals surface area (Å²) in [4.78, 5) is 16.3. The number of benzene rings is 2. The predicted molar refractivity (Wildman–Crippen MR) is 92.1 cm³/mol. The molecule has 0 radical (unpaired) electrons. The second-order valence-corrected chi connectivity index (χ2v) is 5.94. The first-order valence-corrected chi connectivity index (χ1v) is 8.10. The van der Waals surface area contributed by atoms with Crippen LogP contribution >= 0.6 is 0 Å². The summed E-state index contributed by atoms with van der Waals surface area (Å²) < 4.78 is 19.0. The van der Waals surface area contributed by atoms with Crippen molar-refractivity contribution < 1.29 is 13.9 Å². The molecule has 3 rings (SSSR count). The van der Waals surface area contributed by atoms with Gasteiger partial charge in [-0.15, -0.1) is 0 Å². The van der Waals surface area contributed by atoms with Gasteiger partial charge in [0.25, 0.3) is 5.91 Å². The minimum Gasteiger partial charge on any atom is -0.485 e. The zero-order valence-corrected chi connectivity index (χ0v) is 13.9. The quantitative estimate of drug-likeness (QED) is 0.864. The Kier molecular flexibility index (Phi) is 4.69. The van der Waals surface area contributed by atoms with Gasteiger partial charge in [-0.25, -0.2) is 4.39 Å². The van der Waals surface area contributed by atoms with Gasteiger partial charge < -0.3 is 14.5 Å². The van der Waals surface area contributed by atoms with E-state index in [1.807, 2.05) is 24.3 Å². The van der Waals surface area contributed by atoms with Gasteiger partial charge in [0.05, 0.1) is 18.8 Å². The van der Waals surface area contributed by atoms with Gasteiger partial charge >= 0.3 is 0 Å². The second-order valence-electron chi connectivity index (χ2n) is 5.94. The van der Waals surface area contributed by atoms with Crippen molar-refractivity contribution in [3.63, 3.8) is 0 Å². The maximum absolute atomic E-state index is 13.0. The summed E-state index contributed by atoms with van der Waals surface area (Å²) in [6, 6.07) is 13.5. The van der Waals surface area contributed by atoms with E-state index in [-0.39, 0.29) is 17.8 Å². The number of halogens is 1. The van der Waals surface area contributed by atoms with E-state index in [1.165, 1.54) is 24.3 Å². The van der Waals surface area contributed by atoms with E-state index in [0.29, 0.717) is 12.1 Å². The van der Waals surface area contributed by atoms with Gasteiger partial charge in [0.15, 0.2) is 0 Å². The second kappa shape index (κ2) is 6.91. The topological polar surface area (TPSA) is 32.8 Å². The number of fused-ring (bicyclic) bond motifs is 1. The molecule has 4 nitrogen and oxygen atoms in total. The lowest BCUT2D eigenvalue weighted by Crippen LogP contribution is -2.46. The molecule has 0 aromatic heterocycles. The van der Waals surface area contributed by atoms with Crippen LogP contribution in [0.15, 0.2) is 48.5 Å². The monoisotopic (exact) mass is 328 g/mol. The van der Waals surface area contributed by atoms with Crippen LogP contribution in [0.4, 0.5) is 10.1 Å². The average molecular weight is 328 g/mol. The summed E-state index contributed by atoms with van der Waals surface area (Å²) in [7, 11) is 1.74. The number of likely N-dealkylation sites (N-methyl/N-ethyl adjacent to an activating group) is 2. The average Bonchev–Trinajstić information content (AvgIpc) is 2.61. The predicted octanol–water partition coefficient (Wildman–Crippen LogP) is 3.19. The molecule has 0 fully saturated rings. The molecule has 0 saturated carbocycles. The van der Waals surface area contributed by atoms with E-state index >= 15 is 0 Å². The zero-order valence-electron chi connectivity index (χ0n) is 13.9. The van der Waals surface area contributed by atoms with Crippen molar-refractivity contribution in [1.82, 2.24) is 4.90 Å². The van der Waals surface area contributed by atoms with Gasteiger partial charge in [-0.05, 0) is 43.3 Å². The van der Waals surface area contributed by atoms with Gasteiger partial charge in [0, 0.05) is 19.2 Å². The van der Waals surface area contributed by atoms with E-state index in [1.54, 1.807) is 11.9 Å². The van der Waals surface area contributed by atoms with Crippen LogP contribution < -0.4 is 9.64 Å². The van der Waals surface area contributed by atoms with Crippen LogP contribution in [0.25, 0.3) is 0 Å². The number of para-hydroxylation sites is 2. The van der Waals surface area contributed by atoms with Crippen LogP contribution in [0.2, 0.25) is 0 Å². The fraction of sp³-hybridized carbons (Fsp3) is 0.316. The van der Waals surface area contributed by atoms with Crippen molar-refractivity contribution in [2.75, 3.05) is 31.6 Å². The lowest BCUT2D eigenvalue weighted by molar-refractivity contribution is 0.0709. The van der Waals surface area contributed by atoms with Crippen molar-refractivity contribution in [3.8, 4) is 5.75 Å². The Bertz CT molecular complexity index is 718. The van der Waals surface area contributed by atoms with Crippen molar-refractivity contribution in [3.05, 3.63) is 59.9 Å². The largest absolute Gasteiger partial charge is 0.485 e. The molecule has 2 aromatic rings. The summed E-state index contributed by atoms with van der Waals surface area (Å²) in [6.07, 6.45) is -0.103. The van der Waals surface area contributed by atoms with E-state index in [2.05, 4.69) is 11.8 Å². The Morgan fingerprint density at radius 2 is 1.96 bits per heavy atom. The summed E-state index contributed by atoms with van der Waals surface area (Å²) in [6.45, 7) is 4.19. The number of amides is 1. The first kappa shape index (κ1) is 16.3. The van der Waals surface area contributed by atoms with E-state index in [9.17, 15) is 9.18 Å². The number of ether oxygens (including phenoxy) is 1. The summed E-state index contributed by atoms with van der Waals surface area (Å²) >= 11 is 0. The first-order valence-electron chi connectivity index (χ1n) is 8.10. The molecular formula is C19H21FN2O2. The Balaban J connectivity index is 1.70. The molecule has 1 amide bonds. The van der Waals surface area contributed by atoms with Crippen LogP contribution in [0.5, 0.6) is 5.75 Å². The number of nitrogens with zero attached hydrogens (tertiary/aromatic N) is 2. The Labute approximate surface area is 141 Å². The fourth-order valence-corrected chi connectivity index (χ4v) is 2.97. The first-order chi connectivity index (χ1) is 11.6. The Morgan fingerprint density at radius 1 is 1.25 bits per heavy atom. The van der Waals surface area contributed by atoms with Crippen molar-refractivity contribution >= 4 is 11.6 Å². The van der Waals surface area contributed by atoms with E-state index in [0.717, 1.165) is 24.5 Å². The Morgan fingerprint density at radius 3 is 2.67 bits per heavy atom. The lowest BCUT2D eigenvalue weighted by Gasteiger charge is -2.37. The van der Waals surface area contributed by atoms with E-state index < -0.39 is 0 Å². The molecule has 0 aliphatic carbocycles. The minimum atomic E-state index is -0.347. The van der Waals surface area contributed by atoms with Gasteiger partial charge in [0.1, 0.15) is 17.7 Å². The zero-order chi connectivity index (χ0) is 17.1.